The average Bonchev–Trinajstić information content (AvgIpc) is 2.00. The molecule has 1 nitrogen and oxygen atoms in total. The van der Waals surface area contributed by atoms with Gasteiger partial charge in [-0.05, 0) is 31.9 Å². The summed E-state index contributed by atoms with van der Waals surface area (Å²) in [5, 5.41) is 10.0. The first-order valence-electron chi connectivity index (χ1n) is 3.21. The van der Waals surface area contributed by atoms with E-state index in [1.165, 1.54) is 0 Å². The lowest BCUT2D eigenvalue weighted by atomic mass is 10.2. The topological polar surface area (TPSA) is 20.2 Å². The normalized spacial score (nSPS) is 15.8. The molecule has 0 heterocycles. The van der Waals surface area contributed by atoms with Crippen LogP contribution in [0.3, 0.4) is 0 Å². The van der Waals surface area contributed by atoms with Gasteiger partial charge in [-0.2, -0.15) is 0 Å². The number of hydrogen-bond donors (Lipinski definition) is 1. The molecule has 0 saturated heterocycles. The van der Waals surface area contributed by atoms with Crippen LogP contribution in [0, 0.1) is 0 Å². The highest BCUT2D eigenvalue weighted by molar-refractivity contribution is 9.35. The molecular formula is C5H2Br10O. The van der Waals surface area contributed by atoms with Gasteiger partial charge >= 0.3 is 0 Å². The molecule has 0 aliphatic rings. The molecule has 0 aliphatic heterocycles. The number of rotatable bonds is 4. The Bertz CT molecular complexity index is 252. The van der Waals surface area contributed by atoms with Crippen molar-refractivity contribution in [1.82, 2.24) is 0 Å². The molecule has 0 fully saturated rings. The zero-order valence-corrected chi connectivity index (χ0v) is 22.7. The third-order valence-corrected chi connectivity index (χ3v) is 19.8. The highest BCUT2D eigenvalue weighted by Gasteiger charge is 2.66. The van der Waals surface area contributed by atoms with E-state index in [1.807, 2.05) is 0 Å². The van der Waals surface area contributed by atoms with Crippen molar-refractivity contribution in [2.45, 2.75) is 16.9 Å². The Morgan fingerprint density at radius 1 is 0.688 bits per heavy atom. The maximum absolute atomic E-state index is 10.0. The van der Waals surface area contributed by atoms with E-state index in [0.717, 1.165) is 0 Å². The van der Waals surface area contributed by atoms with Crippen LogP contribution in [-0.2, 0) is 0 Å². The summed E-state index contributed by atoms with van der Waals surface area (Å²) in [4.78, 5) is 0. The monoisotopic (exact) mass is 867 g/mol. The smallest absolute Gasteiger partial charge is 0.202 e. The van der Waals surface area contributed by atoms with E-state index < -0.39 is 13.1 Å². The van der Waals surface area contributed by atoms with Gasteiger partial charge in [0.05, 0.1) is 3.74 Å². The van der Waals surface area contributed by atoms with E-state index in [1.54, 1.807) is 0 Å². The summed E-state index contributed by atoms with van der Waals surface area (Å²) in [7, 11) is 0. The molecule has 16 heavy (non-hydrogen) atoms. The van der Waals surface area contributed by atoms with Crippen LogP contribution in [0.1, 0.15) is 0 Å². The summed E-state index contributed by atoms with van der Waals surface area (Å²) in [6.45, 7) is 0. The van der Waals surface area contributed by atoms with Crippen molar-refractivity contribution in [3.63, 3.8) is 0 Å². The van der Waals surface area contributed by atoms with E-state index in [9.17, 15) is 5.11 Å². The Hall–Kier alpha value is 4.76. The summed E-state index contributed by atoms with van der Waals surface area (Å²) < 4.78 is -4.10. The van der Waals surface area contributed by atoms with Crippen LogP contribution in [0.25, 0.3) is 0 Å². The zero-order chi connectivity index (χ0) is 13.6. The predicted octanol–water partition coefficient (Wildman–Crippen LogP) is 7.00. The van der Waals surface area contributed by atoms with Crippen LogP contribution in [0.15, 0.2) is 0 Å². The van der Waals surface area contributed by atoms with E-state index in [4.69, 9.17) is 0 Å². The SMILES string of the molecule is OC(Br)(Br)C(Br)(Br)C(Br)(Br)C(Br)(Br)C(Br)Br. The molecule has 0 spiro atoms. The third kappa shape index (κ3) is 4.15. The molecule has 0 aromatic heterocycles. The minimum Gasteiger partial charge on any atom is -0.368 e. The Kier molecular flexibility index (Phi) is 8.95. The van der Waals surface area contributed by atoms with E-state index >= 15 is 0 Å². The first-order valence-corrected chi connectivity index (χ1v) is 11.4. The predicted molar refractivity (Wildman–Crippen MR) is 106 cm³/mol. The maximum Gasteiger partial charge on any atom is 0.202 e. The van der Waals surface area contributed by atoms with Crippen LogP contribution < -0.4 is 0 Å². The Labute approximate surface area is 178 Å². The van der Waals surface area contributed by atoms with Crippen molar-refractivity contribution in [3.05, 3.63) is 0 Å². The second kappa shape index (κ2) is 6.89. The number of aliphatic hydroxyl groups is 1. The van der Waals surface area contributed by atoms with Gasteiger partial charge in [0.1, 0.15) is 6.47 Å². The highest BCUT2D eigenvalue weighted by atomic mass is 79.9. The number of hydrogen-bond acceptors (Lipinski definition) is 1. The summed E-state index contributed by atoms with van der Waals surface area (Å²) in [5.74, 6) is 0. The Morgan fingerprint density at radius 3 is 1.19 bits per heavy atom. The van der Waals surface area contributed by atoms with Crippen LogP contribution in [0.2, 0.25) is 0 Å². The molecule has 0 aromatic rings. The van der Waals surface area contributed by atoms with Crippen LogP contribution in [-0.4, -0.2) is 22.0 Å². The lowest BCUT2D eigenvalue weighted by molar-refractivity contribution is 0.230. The molecule has 0 aromatic carbocycles. The van der Waals surface area contributed by atoms with Crippen LogP contribution in [0.5, 0.6) is 0 Å². The third-order valence-electron chi connectivity index (χ3n) is 1.46. The van der Waals surface area contributed by atoms with E-state index in [0.29, 0.717) is 0 Å². The van der Waals surface area contributed by atoms with Crippen molar-refractivity contribution in [3.8, 4) is 0 Å². The summed E-state index contributed by atoms with van der Waals surface area (Å²) >= 11 is 33.9. The maximum atomic E-state index is 10.0. The first-order chi connectivity index (χ1) is 6.69. The van der Waals surface area contributed by atoms with Crippen molar-refractivity contribution >= 4 is 159 Å². The van der Waals surface area contributed by atoms with Gasteiger partial charge in [0.15, 0.2) is 3.23 Å². The average molecular weight is 877 g/mol. The summed E-state index contributed by atoms with van der Waals surface area (Å²) in [6.07, 6.45) is 0. The zero-order valence-electron chi connectivity index (χ0n) is 6.80. The summed E-state index contributed by atoms with van der Waals surface area (Å²) in [5.41, 5.74) is 0. The molecule has 0 radical (unpaired) electrons. The fourth-order valence-electron chi connectivity index (χ4n) is 0.535. The molecule has 98 valence electrons. The van der Waals surface area contributed by atoms with Crippen molar-refractivity contribution < 1.29 is 5.11 Å². The van der Waals surface area contributed by atoms with Crippen LogP contribution in [0.4, 0.5) is 0 Å². The number of halogens is 10. The first kappa shape index (κ1) is 20.8. The molecule has 0 bridgehead atoms. The largest absolute Gasteiger partial charge is 0.368 e. The second-order valence-electron chi connectivity index (χ2n) is 2.61. The lowest BCUT2D eigenvalue weighted by Crippen LogP contribution is -2.57. The molecule has 1 N–H and O–H groups in total. The van der Waals surface area contributed by atoms with Crippen molar-refractivity contribution in [2.24, 2.45) is 0 Å². The molecule has 0 atom stereocenters. The minimum atomic E-state index is -1.41. The van der Waals surface area contributed by atoms with E-state index in [2.05, 4.69) is 159 Å². The molecule has 0 unspecified atom stereocenters. The highest BCUT2D eigenvalue weighted by Crippen LogP contribution is 2.67. The number of alkyl halides is 10. The lowest BCUT2D eigenvalue weighted by Gasteiger charge is -2.47. The quantitative estimate of drug-likeness (QED) is 0.302. The van der Waals surface area contributed by atoms with Gasteiger partial charge in [-0.25, -0.2) is 0 Å². The Balaban J connectivity index is 5.53. The van der Waals surface area contributed by atoms with E-state index in [-0.39, 0.29) is 3.74 Å². The minimum absolute atomic E-state index is 0.150. The van der Waals surface area contributed by atoms with Gasteiger partial charge in [0.25, 0.3) is 0 Å². The fraction of sp³-hybridized carbons (Fsp3) is 1.00. The molecule has 0 aliphatic carbocycles. The summed E-state index contributed by atoms with van der Waals surface area (Å²) in [6, 6.07) is 0. The van der Waals surface area contributed by atoms with Gasteiger partial charge in [0.2, 0.25) is 3.42 Å². The van der Waals surface area contributed by atoms with Gasteiger partial charge in [-0.3, -0.25) is 0 Å². The molecule has 11 heteroatoms. The van der Waals surface area contributed by atoms with Crippen LogP contribution >= 0.6 is 159 Å². The van der Waals surface area contributed by atoms with Gasteiger partial charge < -0.3 is 5.11 Å². The van der Waals surface area contributed by atoms with Gasteiger partial charge in [-0.15, -0.1) is 0 Å². The van der Waals surface area contributed by atoms with Gasteiger partial charge in [0, 0.05) is 0 Å². The Morgan fingerprint density at radius 2 is 1.00 bits per heavy atom. The van der Waals surface area contributed by atoms with Gasteiger partial charge in [-0.1, -0.05) is 127 Å². The van der Waals surface area contributed by atoms with Crippen molar-refractivity contribution in [2.75, 3.05) is 0 Å². The fourth-order valence-corrected chi connectivity index (χ4v) is 7.43. The molecule has 0 rings (SSSR count). The molecule has 0 amide bonds. The molecular weight excluding hydrogens is 875 g/mol. The second-order valence-corrected chi connectivity index (χ2v) is 19.5. The molecule has 0 saturated carbocycles. The van der Waals surface area contributed by atoms with Crippen molar-refractivity contribution in [1.29, 1.82) is 0 Å². The standard InChI is InChI=1S/C5H2Br10O/c6-1(7)2(8,9)3(10,11)4(12,13)5(14,15)16/h1,16H.